The van der Waals surface area contributed by atoms with Crippen molar-refractivity contribution in [3.05, 3.63) is 59.9 Å². The number of carbonyl (C=O) groups excluding carboxylic acids is 1. The number of aliphatic hydroxyl groups is 1. The van der Waals surface area contributed by atoms with Gasteiger partial charge in [0, 0.05) is 0 Å². The van der Waals surface area contributed by atoms with Crippen LogP contribution in [0.25, 0.3) is 11.0 Å². The van der Waals surface area contributed by atoms with E-state index in [0.29, 0.717) is 17.9 Å². The van der Waals surface area contributed by atoms with Gasteiger partial charge in [-0.25, -0.2) is 9.78 Å². The van der Waals surface area contributed by atoms with E-state index in [4.69, 9.17) is 4.74 Å². The van der Waals surface area contributed by atoms with Crippen LogP contribution in [0.15, 0.2) is 48.5 Å². The van der Waals surface area contributed by atoms with Gasteiger partial charge in [-0.1, -0.05) is 12.1 Å². The predicted molar refractivity (Wildman–Crippen MR) is 93.8 cm³/mol. The van der Waals surface area contributed by atoms with Crippen LogP contribution in [0.1, 0.15) is 16.2 Å². The summed E-state index contributed by atoms with van der Waals surface area (Å²) in [6.45, 7) is 2.45. The Morgan fingerprint density at radius 2 is 1.92 bits per heavy atom. The summed E-state index contributed by atoms with van der Waals surface area (Å²) in [4.78, 5) is 15.9. The summed E-state index contributed by atoms with van der Waals surface area (Å²) in [7, 11) is 1.34. The molecule has 0 unspecified atom stereocenters. The van der Waals surface area contributed by atoms with E-state index in [0.717, 1.165) is 16.9 Å². The summed E-state index contributed by atoms with van der Waals surface area (Å²) < 4.78 is 12.2. The number of fused-ring (bicyclic) bond motifs is 1. The van der Waals surface area contributed by atoms with E-state index in [1.165, 1.54) is 7.11 Å². The molecule has 3 aromatic rings. The Balaban J connectivity index is 1.62. The molecule has 2 aromatic carbocycles. The zero-order chi connectivity index (χ0) is 17.8. The fourth-order valence-corrected chi connectivity index (χ4v) is 2.69. The molecule has 1 atom stereocenters. The maximum absolute atomic E-state index is 11.4. The monoisotopic (exact) mass is 340 g/mol. The Morgan fingerprint density at radius 1 is 1.20 bits per heavy atom. The first-order valence-corrected chi connectivity index (χ1v) is 7.99. The zero-order valence-electron chi connectivity index (χ0n) is 14.2. The van der Waals surface area contributed by atoms with Crippen LogP contribution in [0.3, 0.4) is 0 Å². The second-order valence-corrected chi connectivity index (χ2v) is 5.74. The van der Waals surface area contributed by atoms with Crippen LogP contribution in [0, 0.1) is 6.92 Å². The SMILES string of the molecule is COC(=O)c1ccc(OC[C@H](O)Cn2c(C)nc3ccccc32)cc1. The summed E-state index contributed by atoms with van der Waals surface area (Å²) in [5.74, 6) is 1.04. The zero-order valence-corrected chi connectivity index (χ0v) is 14.2. The lowest BCUT2D eigenvalue weighted by Gasteiger charge is -2.15. The molecule has 0 bridgehead atoms. The van der Waals surface area contributed by atoms with Crippen molar-refractivity contribution in [3.63, 3.8) is 0 Å². The van der Waals surface area contributed by atoms with Crippen molar-refractivity contribution in [2.24, 2.45) is 0 Å². The molecule has 0 aliphatic carbocycles. The molecule has 0 radical (unpaired) electrons. The molecule has 130 valence electrons. The van der Waals surface area contributed by atoms with Crippen molar-refractivity contribution in [3.8, 4) is 5.75 Å². The quantitative estimate of drug-likeness (QED) is 0.698. The van der Waals surface area contributed by atoms with Crippen molar-refractivity contribution in [1.82, 2.24) is 9.55 Å². The number of para-hydroxylation sites is 2. The minimum Gasteiger partial charge on any atom is -0.491 e. The third-order valence-corrected chi connectivity index (χ3v) is 3.96. The van der Waals surface area contributed by atoms with E-state index >= 15 is 0 Å². The average molecular weight is 340 g/mol. The van der Waals surface area contributed by atoms with Gasteiger partial charge in [-0.2, -0.15) is 0 Å². The highest BCUT2D eigenvalue weighted by molar-refractivity contribution is 5.89. The Hall–Kier alpha value is -2.86. The van der Waals surface area contributed by atoms with E-state index in [9.17, 15) is 9.90 Å². The van der Waals surface area contributed by atoms with E-state index in [1.54, 1.807) is 24.3 Å². The Kier molecular flexibility index (Phi) is 5.00. The summed E-state index contributed by atoms with van der Waals surface area (Å²) >= 11 is 0. The lowest BCUT2D eigenvalue weighted by Crippen LogP contribution is -2.24. The molecule has 1 N–H and O–H groups in total. The molecule has 25 heavy (non-hydrogen) atoms. The van der Waals surface area contributed by atoms with Gasteiger partial charge in [0.15, 0.2) is 0 Å². The molecule has 1 aromatic heterocycles. The number of esters is 1. The topological polar surface area (TPSA) is 73.6 Å². The first-order chi connectivity index (χ1) is 12.1. The maximum Gasteiger partial charge on any atom is 0.337 e. The lowest BCUT2D eigenvalue weighted by atomic mass is 10.2. The fourth-order valence-electron chi connectivity index (χ4n) is 2.69. The first-order valence-electron chi connectivity index (χ1n) is 7.99. The minimum atomic E-state index is -0.684. The van der Waals surface area contributed by atoms with Crippen molar-refractivity contribution in [1.29, 1.82) is 0 Å². The van der Waals surface area contributed by atoms with E-state index in [2.05, 4.69) is 9.72 Å². The number of imidazole rings is 1. The van der Waals surface area contributed by atoms with Gasteiger partial charge in [0.25, 0.3) is 0 Å². The highest BCUT2D eigenvalue weighted by atomic mass is 16.5. The molecule has 0 saturated carbocycles. The van der Waals surface area contributed by atoms with Gasteiger partial charge < -0.3 is 19.1 Å². The molecular formula is C19H20N2O4. The number of methoxy groups -OCH3 is 1. The van der Waals surface area contributed by atoms with Gasteiger partial charge in [-0.05, 0) is 43.3 Å². The number of aromatic nitrogens is 2. The number of hydrogen-bond acceptors (Lipinski definition) is 5. The normalized spacial score (nSPS) is 12.1. The third-order valence-electron chi connectivity index (χ3n) is 3.96. The highest BCUT2D eigenvalue weighted by Crippen LogP contribution is 2.17. The third kappa shape index (κ3) is 3.80. The highest BCUT2D eigenvalue weighted by Gasteiger charge is 2.12. The average Bonchev–Trinajstić information content (AvgIpc) is 2.95. The first kappa shape index (κ1) is 17.0. The Labute approximate surface area is 145 Å². The molecule has 0 aliphatic rings. The van der Waals surface area contributed by atoms with Crippen LogP contribution in [0.4, 0.5) is 0 Å². The van der Waals surface area contributed by atoms with Gasteiger partial charge in [0.2, 0.25) is 0 Å². The maximum atomic E-state index is 11.4. The number of ether oxygens (including phenoxy) is 2. The number of nitrogens with zero attached hydrogens (tertiary/aromatic N) is 2. The van der Waals surface area contributed by atoms with Crippen molar-refractivity contribution in [2.45, 2.75) is 19.6 Å². The van der Waals surface area contributed by atoms with E-state index in [1.807, 2.05) is 35.8 Å². The second kappa shape index (κ2) is 7.36. The summed E-state index contributed by atoms with van der Waals surface area (Å²) in [5, 5.41) is 10.3. The van der Waals surface area contributed by atoms with Crippen molar-refractivity contribution in [2.75, 3.05) is 13.7 Å². The number of aliphatic hydroxyl groups excluding tert-OH is 1. The van der Waals surface area contributed by atoms with Gasteiger partial charge >= 0.3 is 5.97 Å². The van der Waals surface area contributed by atoms with Crippen LogP contribution in [0.2, 0.25) is 0 Å². The molecule has 6 heteroatoms. The van der Waals surface area contributed by atoms with E-state index < -0.39 is 12.1 Å². The minimum absolute atomic E-state index is 0.142. The van der Waals surface area contributed by atoms with Gasteiger partial charge in [-0.3, -0.25) is 0 Å². The molecule has 0 fully saturated rings. The van der Waals surface area contributed by atoms with Crippen LogP contribution >= 0.6 is 0 Å². The van der Waals surface area contributed by atoms with Gasteiger partial charge in [0.1, 0.15) is 24.3 Å². The predicted octanol–water partition coefficient (Wildman–Crippen LogP) is 2.57. The summed E-state index contributed by atoms with van der Waals surface area (Å²) in [6.07, 6.45) is -0.684. The smallest absolute Gasteiger partial charge is 0.337 e. The number of rotatable bonds is 6. The summed E-state index contributed by atoms with van der Waals surface area (Å²) in [5.41, 5.74) is 2.35. The van der Waals surface area contributed by atoms with Crippen LogP contribution in [-0.4, -0.2) is 40.4 Å². The fraction of sp³-hybridized carbons (Fsp3) is 0.263. The van der Waals surface area contributed by atoms with Crippen molar-refractivity contribution >= 4 is 17.0 Å². The molecular weight excluding hydrogens is 320 g/mol. The largest absolute Gasteiger partial charge is 0.491 e. The second-order valence-electron chi connectivity index (χ2n) is 5.74. The molecule has 0 aliphatic heterocycles. The molecule has 1 heterocycles. The van der Waals surface area contributed by atoms with E-state index in [-0.39, 0.29) is 6.61 Å². The standard InChI is InChI=1S/C19H20N2O4/c1-13-20-17-5-3-4-6-18(17)21(13)11-15(22)12-25-16-9-7-14(8-10-16)19(23)24-2/h3-10,15,22H,11-12H2,1-2H3/t15-/m1/s1. The number of benzene rings is 2. The van der Waals surface area contributed by atoms with Crippen LogP contribution in [0.5, 0.6) is 5.75 Å². The Bertz CT molecular complexity index is 871. The Morgan fingerprint density at radius 3 is 2.64 bits per heavy atom. The number of hydrogen-bond donors (Lipinski definition) is 1. The molecule has 6 nitrogen and oxygen atoms in total. The van der Waals surface area contributed by atoms with Gasteiger partial charge in [0.05, 0.1) is 30.3 Å². The van der Waals surface area contributed by atoms with Crippen LogP contribution < -0.4 is 4.74 Å². The number of carbonyl (C=O) groups is 1. The molecule has 3 rings (SSSR count). The van der Waals surface area contributed by atoms with Gasteiger partial charge in [-0.15, -0.1) is 0 Å². The molecule has 0 spiro atoms. The lowest BCUT2D eigenvalue weighted by molar-refractivity contribution is 0.0600. The molecule has 0 amide bonds. The van der Waals surface area contributed by atoms with Crippen molar-refractivity contribution < 1.29 is 19.4 Å². The summed E-state index contributed by atoms with van der Waals surface area (Å²) in [6, 6.07) is 14.4. The number of aryl methyl sites for hydroxylation is 1. The molecule has 0 saturated heterocycles. The van der Waals surface area contributed by atoms with Crippen LogP contribution in [-0.2, 0) is 11.3 Å².